The van der Waals surface area contributed by atoms with E-state index in [1.165, 1.54) is 23.9 Å². The molecule has 0 fully saturated rings. The molecule has 2 aromatic carbocycles. The van der Waals surface area contributed by atoms with Crippen LogP contribution in [0.3, 0.4) is 0 Å². The van der Waals surface area contributed by atoms with Gasteiger partial charge in [-0.15, -0.1) is 5.10 Å². The van der Waals surface area contributed by atoms with E-state index in [1.54, 1.807) is 11.6 Å². The van der Waals surface area contributed by atoms with Crippen LogP contribution in [-0.2, 0) is 4.79 Å². The van der Waals surface area contributed by atoms with Crippen molar-refractivity contribution in [1.29, 1.82) is 0 Å². The van der Waals surface area contributed by atoms with Gasteiger partial charge in [-0.25, -0.2) is 4.39 Å². The standard InChI is InChI=1S/C18H17ClFN5OS/c1-10-5-4-6-11(2)16(10)25-18(22-23-24-25)27-12(3)17(26)21-15-8-7-13(20)9-14(15)19/h4-9,12H,1-3H3,(H,21,26). The van der Waals surface area contributed by atoms with Crippen molar-refractivity contribution in [3.05, 3.63) is 58.4 Å². The molecule has 140 valence electrons. The second-order valence-electron chi connectivity index (χ2n) is 5.99. The number of hydrogen-bond acceptors (Lipinski definition) is 5. The summed E-state index contributed by atoms with van der Waals surface area (Å²) in [6.45, 7) is 5.69. The van der Waals surface area contributed by atoms with Crippen molar-refractivity contribution in [2.75, 3.05) is 5.32 Å². The first-order valence-electron chi connectivity index (χ1n) is 8.14. The molecule has 0 aliphatic rings. The fourth-order valence-corrected chi connectivity index (χ4v) is 3.58. The minimum atomic E-state index is -0.500. The van der Waals surface area contributed by atoms with Crippen LogP contribution in [0.25, 0.3) is 5.69 Å². The number of tetrazole rings is 1. The van der Waals surface area contributed by atoms with Gasteiger partial charge in [-0.1, -0.05) is 41.6 Å². The number of benzene rings is 2. The average molecular weight is 406 g/mol. The molecular weight excluding hydrogens is 389 g/mol. The lowest BCUT2D eigenvalue weighted by molar-refractivity contribution is -0.115. The predicted octanol–water partition coefficient (Wildman–Crippen LogP) is 4.19. The lowest BCUT2D eigenvalue weighted by Gasteiger charge is -2.14. The Balaban J connectivity index is 1.78. The highest BCUT2D eigenvalue weighted by Crippen LogP contribution is 2.28. The molecule has 1 heterocycles. The number of nitrogens with zero attached hydrogens (tertiary/aromatic N) is 4. The molecule has 3 rings (SSSR count). The number of halogens is 2. The van der Waals surface area contributed by atoms with Gasteiger partial charge in [0, 0.05) is 0 Å². The maximum Gasteiger partial charge on any atom is 0.237 e. The lowest BCUT2D eigenvalue weighted by Crippen LogP contribution is -2.23. The zero-order valence-corrected chi connectivity index (χ0v) is 16.5. The van der Waals surface area contributed by atoms with E-state index >= 15 is 0 Å². The number of anilines is 1. The summed E-state index contributed by atoms with van der Waals surface area (Å²) in [4.78, 5) is 12.5. The van der Waals surface area contributed by atoms with Crippen LogP contribution in [0, 0.1) is 19.7 Å². The van der Waals surface area contributed by atoms with Crippen LogP contribution in [0.4, 0.5) is 10.1 Å². The summed E-state index contributed by atoms with van der Waals surface area (Å²) in [5.74, 6) is -0.752. The Hall–Kier alpha value is -2.45. The summed E-state index contributed by atoms with van der Waals surface area (Å²) in [6.07, 6.45) is 0. The third-order valence-electron chi connectivity index (χ3n) is 3.93. The zero-order valence-electron chi connectivity index (χ0n) is 14.9. The fraction of sp³-hybridized carbons (Fsp3) is 0.222. The molecule has 1 unspecified atom stereocenters. The largest absolute Gasteiger partial charge is 0.324 e. The minimum Gasteiger partial charge on any atom is -0.324 e. The van der Waals surface area contributed by atoms with E-state index in [4.69, 9.17) is 11.6 Å². The highest BCUT2D eigenvalue weighted by atomic mass is 35.5. The molecule has 1 aromatic heterocycles. The number of aromatic nitrogens is 4. The van der Waals surface area contributed by atoms with E-state index in [1.807, 2.05) is 32.0 Å². The summed E-state index contributed by atoms with van der Waals surface area (Å²) in [7, 11) is 0. The maximum absolute atomic E-state index is 13.1. The molecule has 0 bridgehead atoms. The van der Waals surface area contributed by atoms with E-state index in [2.05, 4.69) is 20.8 Å². The van der Waals surface area contributed by atoms with Crippen LogP contribution < -0.4 is 5.32 Å². The smallest absolute Gasteiger partial charge is 0.237 e. The van der Waals surface area contributed by atoms with E-state index in [9.17, 15) is 9.18 Å². The Bertz CT molecular complexity index is 973. The van der Waals surface area contributed by atoms with Crippen molar-refractivity contribution >= 4 is 35.0 Å². The van der Waals surface area contributed by atoms with Crippen molar-refractivity contribution in [2.45, 2.75) is 31.2 Å². The molecule has 3 aromatic rings. The van der Waals surface area contributed by atoms with Crippen LogP contribution in [0.1, 0.15) is 18.1 Å². The first kappa shape index (κ1) is 19.3. The zero-order chi connectivity index (χ0) is 19.6. The van der Waals surface area contributed by atoms with Gasteiger partial charge in [0.15, 0.2) is 0 Å². The molecule has 0 saturated heterocycles. The Labute approximate surface area is 165 Å². The molecular formula is C18H17ClFN5OS. The van der Waals surface area contributed by atoms with Crippen LogP contribution >= 0.6 is 23.4 Å². The van der Waals surface area contributed by atoms with Crippen molar-refractivity contribution in [2.24, 2.45) is 0 Å². The van der Waals surface area contributed by atoms with Crippen LogP contribution in [0.15, 0.2) is 41.6 Å². The first-order valence-corrected chi connectivity index (χ1v) is 9.40. The first-order chi connectivity index (χ1) is 12.9. The summed E-state index contributed by atoms with van der Waals surface area (Å²) in [5.41, 5.74) is 3.29. The highest BCUT2D eigenvalue weighted by molar-refractivity contribution is 8.00. The number of nitrogens with one attached hydrogen (secondary N) is 1. The molecule has 0 aliphatic carbocycles. The van der Waals surface area contributed by atoms with Crippen molar-refractivity contribution < 1.29 is 9.18 Å². The third-order valence-corrected chi connectivity index (χ3v) is 5.28. The molecule has 0 aliphatic heterocycles. The molecule has 0 saturated carbocycles. The molecule has 1 N–H and O–H groups in total. The number of para-hydroxylation sites is 1. The van der Waals surface area contributed by atoms with E-state index in [0.29, 0.717) is 10.8 Å². The molecule has 0 radical (unpaired) electrons. The molecule has 6 nitrogen and oxygen atoms in total. The monoisotopic (exact) mass is 405 g/mol. The van der Waals surface area contributed by atoms with Crippen molar-refractivity contribution in [3.63, 3.8) is 0 Å². The van der Waals surface area contributed by atoms with Gasteiger partial charge in [0.2, 0.25) is 11.1 Å². The van der Waals surface area contributed by atoms with Crippen LogP contribution in [0.5, 0.6) is 0 Å². The molecule has 9 heteroatoms. The van der Waals surface area contributed by atoms with Crippen LogP contribution in [-0.4, -0.2) is 31.4 Å². The lowest BCUT2D eigenvalue weighted by atomic mass is 10.1. The number of rotatable bonds is 5. The topological polar surface area (TPSA) is 72.7 Å². The number of carbonyl (C=O) groups is 1. The SMILES string of the molecule is Cc1cccc(C)c1-n1nnnc1SC(C)C(=O)Nc1ccc(F)cc1Cl. The number of thioether (sulfide) groups is 1. The Kier molecular flexibility index (Phi) is 5.76. The van der Waals surface area contributed by atoms with Gasteiger partial charge >= 0.3 is 0 Å². The summed E-state index contributed by atoms with van der Waals surface area (Å²) < 4.78 is 14.8. The molecule has 0 spiro atoms. The number of hydrogen-bond donors (Lipinski definition) is 1. The number of amides is 1. The van der Waals surface area contributed by atoms with Gasteiger partial charge in [-0.2, -0.15) is 4.68 Å². The number of aryl methyl sites for hydroxylation is 2. The molecule has 27 heavy (non-hydrogen) atoms. The van der Waals surface area contributed by atoms with Gasteiger partial charge in [0.1, 0.15) is 5.82 Å². The Morgan fingerprint density at radius 2 is 1.96 bits per heavy atom. The minimum absolute atomic E-state index is 0.140. The maximum atomic E-state index is 13.1. The Morgan fingerprint density at radius 3 is 2.63 bits per heavy atom. The van der Waals surface area contributed by atoms with Crippen molar-refractivity contribution in [3.8, 4) is 5.69 Å². The van der Waals surface area contributed by atoms with Gasteiger partial charge < -0.3 is 5.32 Å². The van der Waals surface area contributed by atoms with Gasteiger partial charge in [-0.05, 0) is 60.5 Å². The third kappa shape index (κ3) is 4.28. The fourth-order valence-electron chi connectivity index (χ4n) is 2.57. The average Bonchev–Trinajstić information content (AvgIpc) is 3.05. The van der Waals surface area contributed by atoms with E-state index in [-0.39, 0.29) is 10.9 Å². The second kappa shape index (κ2) is 8.06. The summed E-state index contributed by atoms with van der Waals surface area (Å²) in [5, 5.41) is 14.7. The van der Waals surface area contributed by atoms with Gasteiger partial charge in [0.25, 0.3) is 0 Å². The van der Waals surface area contributed by atoms with E-state index < -0.39 is 11.1 Å². The molecule has 1 atom stereocenters. The van der Waals surface area contributed by atoms with Gasteiger partial charge in [-0.3, -0.25) is 4.79 Å². The summed E-state index contributed by atoms with van der Waals surface area (Å²) >= 11 is 7.19. The van der Waals surface area contributed by atoms with E-state index in [0.717, 1.165) is 22.9 Å². The second-order valence-corrected chi connectivity index (χ2v) is 7.70. The molecule has 1 amide bonds. The Morgan fingerprint density at radius 1 is 1.26 bits per heavy atom. The highest BCUT2D eigenvalue weighted by Gasteiger charge is 2.21. The quantitative estimate of drug-likeness (QED) is 0.644. The van der Waals surface area contributed by atoms with Gasteiger partial charge in [0.05, 0.1) is 21.6 Å². The van der Waals surface area contributed by atoms with Crippen LogP contribution in [0.2, 0.25) is 5.02 Å². The van der Waals surface area contributed by atoms with Crippen molar-refractivity contribution in [1.82, 2.24) is 20.2 Å². The summed E-state index contributed by atoms with van der Waals surface area (Å²) in [6, 6.07) is 9.73. The number of carbonyl (C=O) groups excluding carboxylic acids is 1. The predicted molar refractivity (Wildman–Crippen MR) is 104 cm³/mol. The normalized spacial score (nSPS) is 12.0.